The zero-order valence-corrected chi connectivity index (χ0v) is 19.9. The van der Waals surface area contributed by atoms with E-state index in [0.29, 0.717) is 17.9 Å². The van der Waals surface area contributed by atoms with Gasteiger partial charge in [0, 0.05) is 43.9 Å². The Morgan fingerprint density at radius 1 is 1.08 bits per heavy atom. The average Bonchev–Trinajstić information content (AvgIpc) is 3.47. The van der Waals surface area contributed by atoms with Crippen LogP contribution < -0.4 is 27.0 Å². The van der Waals surface area contributed by atoms with Crippen molar-refractivity contribution in [2.75, 3.05) is 35.2 Å². The smallest absolute Gasteiger partial charge is 0.281 e. The molecule has 0 saturated carbocycles. The van der Waals surface area contributed by atoms with Gasteiger partial charge in [-0.1, -0.05) is 6.07 Å². The molecule has 1 aliphatic carbocycles. The lowest BCUT2D eigenvalue weighted by Gasteiger charge is -2.42. The fourth-order valence-electron chi connectivity index (χ4n) is 5.95. The van der Waals surface area contributed by atoms with Crippen LogP contribution >= 0.6 is 0 Å². The second-order valence-electron chi connectivity index (χ2n) is 9.97. The van der Waals surface area contributed by atoms with Gasteiger partial charge >= 0.3 is 0 Å². The Balaban J connectivity index is 1.17. The highest BCUT2D eigenvalue weighted by Gasteiger charge is 2.46. The van der Waals surface area contributed by atoms with Gasteiger partial charge in [-0.15, -0.1) is 0 Å². The molecule has 2 amide bonds. The van der Waals surface area contributed by atoms with Gasteiger partial charge in [0.25, 0.3) is 5.91 Å². The third kappa shape index (κ3) is 3.49. The summed E-state index contributed by atoms with van der Waals surface area (Å²) in [6, 6.07) is 7.28. The Bertz CT molecular complexity index is 1360. The van der Waals surface area contributed by atoms with Gasteiger partial charge in [0.05, 0.1) is 12.4 Å². The van der Waals surface area contributed by atoms with Crippen molar-refractivity contribution in [2.45, 2.75) is 38.3 Å². The summed E-state index contributed by atoms with van der Waals surface area (Å²) < 4.78 is 1.81. The van der Waals surface area contributed by atoms with Crippen LogP contribution in [-0.2, 0) is 13.0 Å². The summed E-state index contributed by atoms with van der Waals surface area (Å²) in [5.41, 5.74) is 21.2. The molecule has 0 bridgehead atoms. The van der Waals surface area contributed by atoms with Crippen molar-refractivity contribution in [1.82, 2.24) is 19.7 Å². The number of aryl methyl sites for hydroxylation is 1. The summed E-state index contributed by atoms with van der Waals surface area (Å²) >= 11 is 0. The number of rotatable bonds is 3. The zero-order valence-electron chi connectivity index (χ0n) is 19.9. The van der Waals surface area contributed by atoms with E-state index in [9.17, 15) is 9.59 Å². The Labute approximate surface area is 208 Å². The predicted octanol–water partition coefficient (Wildman–Crippen LogP) is 1.25. The molecule has 6 N–H and O–H groups in total. The maximum absolute atomic E-state index is 13.2. The number of nitrogens with two attached hydrogens (primary N) is 3. The summed E-state index contributed by atoms with van der Waals surface area (Å²) in [6.45, 7) is 2.86. The third-order valence-corrected chi connectivity index (χ3v) is 8.01. The molecule has 2 aromatic heterocycles. The van der Waals surface area contributed by atoms with Crippen molar-refractivity contribution in [3.8, 4) is 0 Å². The van der Waals surface area contributed by atoms with Gasteiger partial charge in [0.2, 0.25) is 5.91 Å². The highest BCUT2D eigenvalue weighted by Crippen LogP contribution is 2.51. The lowest BCUT2D eigenvalue weighted by atomic mass is 9.73. The molecule has 3 aliphatic rings. The zero-order chi connectivity index (χ0) is 25.0. The molecule has 186 valence electrons. The van der Waals surface area contributed by atoms with Crippen LogP contribution in [0.2, 0.25) is 0 Å². The van der Waals surface area contributed by atoms with Crippen LogP contribution in [0.4, 0.5) is 17.5 Å². The Kier molecular flexibility index (Phi) is 5.18. The lowest BCUT2D eigenvalue weighted by molar-refractivity contribution is 0.0974. The van der Waals surface area contributed by atoms with Crippen molar-refractivity contribution in [3.63, 3.8) is 0 Å². The van der Waals surface area contributed by atoms with Gasteiger partial charge in [-0.2, -0.15) is 5.10 Å². The van der Waals surface area contributed by atoms with E-state index in [0.717, 1.165) is 56.7 Å². The van der Waals surface area contributed by atoms with Gasteiger partial charge in [0.15, 0.2) is 11.5 Å². The Morgan fingerprint density at radius 3 is 2.64 bits per heavy atom. The van der Waals surface area contributed by atoms with E-state index in [2.05, 4.69) is 20.0 Å². The number of piperidine rings is 1. The minimum absolute atomic E-state index is 0.0683. The van der Waals surface area contributed by atoms with E-state index in [1.807, 2.05) is 22.9 Å². The summed E-state index contributed by atoms with van der Waals surface area (Å²) in [4.78, 5) is 37.6. The first kappa shape index (κ1) is 22.5. The largest absolute Gasteiger partial charge is 0.382 e. The minimum atomic E-state index is -0.440. The molecule has 1 spiro atoms. The normalized spacial score (nSPS) is 20.3. The number of carbonyl (C=O) groups is 2. The number of carbonyl (C=O) groups excluding carboxylic acids is 2. The van der Waals surface area contributed by atoms with Gasteiger partial charge < -0.3 is 22.1 Å². The summed E-state index contributed by atoms with van der Waals surface area (Å²) in [5.74, 6) is 0.816. The number of nitrogens with zero attached hydrogens (tertiary/aromatic N) is 6. The van der Waals surface area contributed by atoms with Crippen LogP contribution in [0.5, 0.6) is 0 Å². The van der Waals surface area contributed by atoms with Crippen molar-refractivity contribution in [2.24, 2.45) is 16.9 Å². The standard InChI is InChI=1S/C25H29N9O2/c26-21-17-12-15(23(28)35)2-3-16(17)13-25(21)5-10-32(11-6-25)18-14-29-20(22(27)31-18)24(36)33-8-1-9-34-19(33)4-7-30-34/h2-4,7,12,14,21H,1,5-6,8-11,13,26H2,(H2,27,31)(H2,28,35). The summed E-state index contributed by atoms with van der Waals surface area (Å²) in [6.07, 6.45) is 6.75. The first-order chi connectivity index (χ1) is 17.4. The fourth-order valence-corrected chi connectivity index (χ4v) is 5.95. The quantitative estimate of drug-likeness (QED) is 0.497. The van der Waals surface area contributed by atoms with Gasteiger partial charge in [-0.05, 0) is 54.4 Å². The third-order valence-electron chi connectivity index (χ3n) is 8.01. The summed E-state index contributed by atoms with van der Waals surface area (Å²) in [5, 5.41) is 4.26. The second-order valence-corrected chi connectivity index (χ2v) is 9.97. The number of fused-ring (bicyclic) bond motifs is 2. The number of hydrogen-bond donors (Lipinski definition) is 3. The lowest BCUT2D eigenvalue weighted by Crippen LogP contribution is -2.44. The Hall–Kier alpha value is -3.99. The summed E-state index contributed by atoms with van der Waals surface area (Å²) in [7, 11) is 0. The molecule has 1 saturated heterocycles. The van der Waals surface area contributed by atoms with Crippen molar-refractivity contribution < 1.29 is 9.59 Å². The number of hydrogen-bond acceptors (Lipinski definition) is 8. The monoisotopic (exact) mass is 487 g/mol. The molecule has 1 aromatic carbocycles. The van der Waals surface area contributed by atoms with Crippen molar-refractivity contribution in [1.29, 1.82) is 0 Å². The first-order valence-electron chi connectivity index (χ1n) is 12.3. The number of anilines is 3. The molecule has 2 aliphatic heterocycles. The molecule has 11 heteroatoms. The van der Waals surface area contributed by atoms with Gasteiger partial charge in [0.1, 0.15) is 11.6 Å². The average molecular weight is 488 g/mol. The number of amides is 2. The molecule has 36 heavy (non-hydrogen) atoms. The van der Waals surface area contributed by atoms with E-state index < -0.39 is 5.91 Å². The number of aromatic nitrogens is 4. The molecule has 3 aromatic rings. The van der Waals surface area contributed by atoms with Crippen molar-refractivity contribution in [3.05, 3.63) is 59.0 Å². The maximum Gasteiger partial charge on any atom is 0.281 e. The van der Waals surface area contributed by atoms with E-state index in [4.69, 9.17) is 17.2 Å². The molecule has 4 heterocycles. The number of primary amides is 1. The number of nitrogen functional groups attached to an aromatic ring is 1. The van der Waals surface area contributed by atoms with E-state index in [-0.39, 0.29) is 28.9 Å². The Morgan fingerprint density at radius 2 is 1.89 bits per heavy atom. The molecular weight excluding hydrogens is 458 g/mol. The van der Waals surface area contributed by atoms with Gasteiger partial charge in [-0.25, -0.2) is 14.6 Å². The second kappa shape index (κ2) is 8.30. The molecule has 6 rings (SSSR count). The van der Waals surface area contributed by atoms with Crippen LogP contribution in [0.15, 0.2) is 36.7 Å². The van der Waals surface area contributed by atoms with Crippen LogP contribution in [-0.4, -0.2) is 51.2 Å². The van der Waals surface area contributed by atoms with E-state index in [1.165, 1.54) is 5.56 Å². The first-order valence-corrected chi connectivity index (χ1v) is 12.3. The van der Waals surface area contributed by atoms with Crippen LogP contribution in [0.25, 0.3) is 0 Å². The molecule has 11 nitrogen and oxygen atoms in total. The van der Waals surface area contributed by atoms with E-state index in [1.54, 1.807) is 23.4 Å². The van der Waals surface area contributed by atoms with Crippen molar-refractivity contribution >= 4 is 29.3 Å². The molecule has 0 radical (unpaired) electrons. The van der Waals surface area contributed by atoms with Crippen LogP contribution in [0, 0.1) is 5.41 Å². The fraction of sp³-hybridized carbons (Fsp3) is 0.400. The minimum Gasteiger partial charge on any atom is -0.382 e. The SMILES string of the molecule is NC(=O)c1ccc2c(c1)C(N)C1(CCN(c3cnc(C(=O)N4CCCn5nccc54)c(N)n3)CC1)C2. The van der Waals surface area contributed by atoms with Gasteiger partial charge in [-0.3, -0.25) is 14.5 Å². The molecular formula is C25H29N9O2. The molecule has 1 atom stereocenters. The van der Waals surface area contributed by atoms with E-state index >= 15 is 0 Å². The topological polar surface area (TPSA) is 162 Å². The highest BCUT2D eigenvalue weighted by atomic mass is 16.2. The van der Waals surface area contributed by atoms with Crippen LogP contribution in [0.3, 0.4) is 0 Å². The van der Waals surface area contributed by atoms with Crippen LogP contribution in [0.1, 0.15) is 57.3 Å². The highest BCUT2D eigenvalue weighted by molar-refractivity contribution is 6.07. The molecule has 1 unspecified atom stereocenters. The number of benzene rings is 1. The molecule has 1 fully saturated rings. The predicted molar refractivity (Wildman–Crippen MR) is 134 cm³/mol. The maximum atomic E-state index is 13.2.